The van der Waals surface area contributed by atoms with Crippen molar-refractivity contribution in [2.45, 2.75) is 39.2 Å². The second-order valence-corrected chi connectivity index (χ2v) is 9.29. The molecule has 1 heterocycles. The topological polar surface area (TPSA) is 61.9 Å². The fourth-order valence-corrected chi connectivity index (χ4v) is 3.84. The van der Waals surface area contributed by atoms with Crippen molar-refractivity contribution in [2.75, 3.05) is 39.8 Å². The smallest absolute Gasteiger partial charge is 0.254 e. The lowest BCUT2D eigenvalue weighted by Crippen LogP contribution is -2.47. The van der Waals surface area contributed by atoms with Gasteiger partial charge in [0.2, 0.25) is 5.91 Å². The average molecular weight is 438 g/mol. The molecule has 0 spiro atoms. The summed E-state index contributed by atoms with van der Waals surface area (Å²) < 4.78 is 5.33. The van der Waals surface area contributed by atoms with Gasteiger partial charge in [0.05, 0.1) is 7.11 Å². The molecule has 2 amide bonds. The molecule has 0 saturated carbocycles. The van der Waals surface area contributed by atoms with Crippen molar-refractivity contribution in [2.24, 2.45) is 0 Å². The fourth-order valence-electron chi connectivity index (χ4n) is 3.84. The molecule has 0 atom stereocenters. The number of nitrogens with one attached hydrogen (secondary N) is 1. The monoisotopic (exact) mass is 437 g/mol. The van der Waals surface area contributed by atoms with E-state index in [9.17, 15) is 9.59 Å². The van der Waals surface area contributed by atoms with Gasteiger partial charge in [-0.3, -0.25) is 9.59 Å². The summed E-state index contributed by atoms with van der Waals surface area (Å²) in [5.74, 6) is 0.778. The van der Waals surface area contributed by atoms with Crippen LogP contribution in [-0.4, -0.2) is 61.4 Å². The summed E-state index contributed by atoms with van der Waals surface area (Å²) in [5, 5.41) is 3.26. The number of hydrogen-bond donors (Lipinski definition) is 1. The Kier molecular flexibility index (Phi) is 7.91. The van der Waals surface area contributed by atoms with Gasteiger partial charge in [-0.2, -0.15) is 0 Å². The number of hydrogen-bond acceptors (Lipinski definition) is 4. The van der Waals surface area contributed by atoms with E-state index in [0.717, 1.165) is 37.5 Å². The first-order valence-corrected chi connectivity index (χ1v) is 11.3. The van der Waals surface area contributed by atoms with Gasteiger partial charge >= 0.3 is 0 Å². The highest BCUT2D eigenvalue weighted by molar-refractivity contribution is 5.94. The lowest BCUT2D eigenvalue weighted by Gasteiger charge is -2.29. The van der Waals surface area contributed by atoms with Gasteiger partial charge in [0, 0.05) is 51.3 Å². The molecule has 2 aromatic carbocycles. The molecule has 2 aromatic rings. The zero-order valence-electron chi connectivity index (χ0n) is 19.7. The Labute approximate surface area is 191 Å². The molecule has 1 saturated heterocycles. The van der Waals surface area contributed by atoms with Crippen LogP contribution in [0.3, 0.4) is 0 Å². The van der Waals surface area contributed by atoms with Crippen molar-refractivity contribution in [1.29, 1.82) is 0 Å². The van der Waals surface area contributed by atoms with E-state index in [0.29, 0.717) is 25.1 Å². The Morgan fingerprint density at radius 1 is 1.06 bits per heavy atom. The molecule has 0 aromatic heterocycles. The third kappa shape index (κ3) is 6.33. The molecule has 0 unspecified atom stereocenters. The van der Waals surface area contributed by atoms with E-state index in [-0.39, 0.29) is 17.2 Å². The highest BCUT2D eigenvalue weighted by atomic mass is 16.5. The van der Waals surface area contributed by atoms with Gasteiger partial charge in [-0.15, -0.1) is 0 Å². The van der Waals surface area contributed by atoms with E-state index in [4.69, 9.17) is 4.74 Å². The van der Waals surface area contributed by atoms with Gasteiger partial charge < -0.3 is 19.9 Å². The number of carbonyl (C=O) groups is 2. The number of ether oxygens (including phenoxy) is 1. The summed E-state index contributed by atoms with van der Waals surface area (Å²) in [6.07, 6.45) is 0.315. The number of piperazine rings is 1. The van der Waals surface area contributed by atoms with Crippen LogP contribution in [0.1, 0.15) is 48.7 Å². The molecule has 0 aliphatic carbocycles. The molecule has 6 nitrogen and oxygen atoms in total. The normalized spacial score (nSPS) is 14.2. The number of carbonyl (C=O) groups excluding carboxylic acids is 2. The maximum atomic E-state index is 13.4. The fraction of sp³-hybridized carbons (Fsp3) is 0.462. The third-order valence-electron chi connectivity index (χ3n) is 5.86. The Morgan fingerprint density at radius 3 is 2.38 bits per heavy atom. The van der Waals surface area contributed by atoms with Crippen LogP contribution in [0.4, 0.5) is 0 Å². The minimum absolute atomic E-state index is 0.0254. The summed E-state index contributed by atoms with van der Waals surface area (Å²) in [4.78, 5) is 29.8. The summed E-state index contributed by atoms with van der Waals surface area (Å²) in [6, 6.07) is 15.5. The number of nitrogens with zero attached hydrogens (tertiary/aromatic N) is 2. The van der Waals surface area contributed by atoms with Crippen LogP contribution in [0.15, 0.2) is 48.5 Å². The van der Waals surface area contributed by atoms with Gasteiger partial charge in [-0.05, 0) is 40.8 Å². The van der Waals surface area contributed by atoms with Crippen LogP contribution in [0.25, 0.3) is 0 Å². The lowest BCUT2D eigenvalue weighted by molar-refractivity contribution is -0.132. The van der Waals surface area contributed by atoms with E-state index in [2.05, 4.69) is 26.1 Å². The minimum Gasteiger partial charge on any atom is -0.497 e. The third-order valence-corrected chi connectivity index (χ3v) is 5.86. The predicted molar refractivity (Wildman–Crippen MR) is 127 cm³/mol. The van der Waals surface area contributed by atoms with Crippen molar-refractivity contribution in [3.8, 4) is 5.75 Å². The first kappa shape index (κ1) is 23.8. The zero-order chi connectivity index (χ0) is 23.1. The van der Waals surface area contributed by atoms with Gasteiger partial charge in [-0.1, -0.05) is 45.0 Å². The SMILES string of the molecule is COc1cccc(CN(CCC(=O)N2CCNCC2)C(=O)c2ccc(C(C)(C)C)cc2)c1. The first-order valence-electron chi connectivity index (χ1n) is 11.3. The number of methoxy groups -OCH3 is 1. The Hall–Kier alpha value is -2.86. The molecule has 1 N–H and O–H groups in total. The van der Waals surface area contributed by atoms with E-state index < -0.39 is 0 Å². The highest BCUT2D eigenvalue weighted by Gasteiger charge is 2.22. The van der Waals surface area contributed by atoms with Gasteiger partial charge in [0.1, 0.15) is 5.75 Å². The number of rotatable bonds is 7. The van der Waals surface area contributed by atoms with Crippen molar-refractivity contribution in [1.82, 2.24) is 15.1 Å². The molecule has 1 aliphatic rings. The largest absolute Gasteiger partial charge is 0.497 e. The van der Waals surface area contributed by atoms with Crippen molar-refractivity contribution < 1.29 is 14.3 Å². The quantitative estimate of drug-likeness (QED) is 0.721. The second kappa shape index (κ2) is 10.6. The summed E-state index contributed by atoms with van der Waals surface area (Å²) in [5.41, 5.74) is 2.81. The van der Waals surface area contributed by atoms with Crippen LogP contribution in [0.2, 0.25) is 0 Å². The zero-order valence-corrected chi connectivity index (χ0v) is 19.7. The molecule has 6 heteroatoms. The Balaban J connectivity index is 1.76. The maximum absolute atomic E-state index is 13.4. The van der Waals surface area contributed by atoms with Crippen LogP contribution < -0.4 is 10.1 Å². The maximum Gasteiger partial charge on any atom is 0.254 e. The molecule has 3 rings (SSSR count). The average Bonchev–Trinajstić information content (AvgIpc) is 2.81. The number of amides is 2. The molecule has 1 aliphatic heterocycles. The van der Waals surface area contributed by atoms with Crippen molar-refractivity contribution in [3.63, 3.8) is 0 Å². The van der Waals surface area contributed by atoms with Gasteiger partial charge in [0.15, 0.2) is 0 Å². The van der Waals surface area contributed by atoms with Crippen LogP contribution >= 0.6 is 0 Å². The van der Waals surface area contributed by atoms with E-state index in [1.54, 1.807) is 12.0 Å². The van der Waals surface area contributed by atoms with Crippen LogP contribution in [0, 0.1) is 0 Å². The Bertz CT molecular complexity index is 913. The lowest BCUT2D eigenvalue weighted by atomic mass is 9.86. The first-order chi connectivity index (χ1) is 15.3. The minimum atomic E-state index is -0.0682. The Morgan fingerprint density at radius 2 is 1.75 bits per heavy atom. The van der Waals surface area contributed by atoms with Gasteiger partial charge in [0.25, 0.3) is 5.91 Å². The van der Waals surface area contributed by atoms with E-state index in [1.165, 1.54) is 5.56 Å². The van der Waals surface area contributed by atoms with Crippen LogP contribution in [-0.2, 0) is 16.8 Å². The van der Waals surface area contributed by atoms with E-state index in [1.807, 2.05) is 53.4 Å². The van der Waals surface area contributed by atoms with Crippen LogP contribution in [0.5, 0.6) is 5.75 Å². The predicted octanol–water partition coefficient (Wildman–Crippen LogP) is 3.46. The summed E-state index contributed by atoms with van der Waals surface area (Å²) in [6.45, 7) is 10.3. The standard InChI is InChI=1S/C26H35N3O3/c1-26(2,3)22-10-8-21(9-11-22)25(31)29(19-20-6-5-7-23(18-20)32-4)15-12-24(30)28-16-13-27-14-17-28/h5-11,18,27H,12-17,19H2,1-4H3. The second-order valence-electron chi connectivity index (χ2n) is 9.29. The summed E-state index contributed by atoms with van der Waals surface area (Å²) >= 11 is 0. The molecule has 172 valence electrons. The molecular weight excluding hydrogens is 402 g/mol. The molecule has 0 bridgehead atoms. The van der Waals surface area contributed by atoms with Crippen molar-refractivity contribution in [3.05, 3.63) is 65.2 Å². The number of benzene rings is 2. The van der Waals surface area contributed by atoms with E-state index >= 15 is 0 Å². The highest BCUT2D eigenvalue weighted by Crippen LogP contribution is 2.23. The molecular formula is C26H35N3O3. The molecule has 32 heavy (non-hydrogen) atoms. The van der Waals surface area contributed by atoms with Gasteiger partial charge in [-0.25, -0.2) is 0 Å². The summed E-state index contributed by atoms with van der Waals surface area (Å²) in [7, 11) is 1.63. The molecule has 1 fully saturated rings. The van der Waals surface area contributed by atoms with Crippen molar-refractivity contribution >= 4 is 11.8 Å². The molecule has 0 radical (unpaired) electrons.